The Morgan fingerprint density at radius 3 is 2.44 bits per heavy atom. The van der Waals surface area contributed by atoms with E-state index in [9.17, 15) is 4.79 Å². The molecule has 1 N–H and O–H groups in total. The second-order valence-corrected chi connectivity index (χ2v) is 4.71. The Balaban J connectivity index is 2.94. The predicted molar refractivity (Wildman–Crippen MR) is 72.9 cm³/mol. The number of aromatic nitrogens is 1. The fourth-order valence-electron chi connectivity index (χ4n) is 1.69. The third-order valence-corrected chi connectivity index (χ3v) is 3.48. The van der Waals surface area contributed by atoms with E-state index in [4.69, 9.17) is 4.74 Å². The van der Waals surface area contributed by atoms with E-state index in [1.165, 1.54) is 7.11 Å². The molecule has 0 unspecified atom stereocenters. The van der Waals surface area contributed by atoms with Crippen LogP contribution in [0.2, 0.25) is 0 Å². The second kappa shape index (κ2) is 5.85. The van der Waals surface area contributed by atoms with E-state index in [2.05, 4.69) is 31.1 Å². The van der Waals surface area contributed by atoms with Crippen LogP contribution in [0.25, 0.3) is 0 Å². The van der Waals surface area contributed by atoms with Crippen molar-refractivity contribution in [2.24, 2.45) is 0 Å². The quantitative estimate of drug-likeness (QED) is 0.815. The molecule has 1 aromatic heterocycles. The number of nitrogens with one attached hydrogen (secondary N) is 1. The lowest BCUT2D eigenvalue weighted by Crippen LogP contribution is -2.33. The number of nitrogens with zero attached hydrogens (tertiary/aromatic N) is 1. The molecule has 100 valence electrons. The van der Waals surface area contributed by atoms with Crippen LogP contribution in [0.15, 0.2) is 12.1 Å². The molecule has 0 aliphatic heterocycles. The van der Waals surface area contributed by atoms with Gasteiger partial charge < -0.3 is 10.1 Å². The Bertz CT molecular complexity index is 426. The number of ether oxygens (including phenoxy) is 1. The topological polar surface area (TPSA) is 51.2 Å². The summed E-state index contributed by atoms with van der Waals surface area (Å²) < 4.78 is 4.70. The Hall–Kier alpha value is -1.58. The van der Waals surface area contributed by atoms with Crippen molar-refractivity contribution in [3.8, 4) is 0 Å². The van der Waals surface area contributed by atoms with Crippen molar-refractivity contribution in [3.63, 3.8) is 0 Å². The van der Waals surface area contributed by atoms with Gasteiger partial charge in [0.25, 0.3) is 0 Å². The van der Waals surface area contributed by atoms with Gasteiger partial charge in [-0.1, -0.05) is 13.8 Å². The van der Waals surface area contributed by atoms with Crippen LogP contribution in [0, 0.1) is 6.92 Å². The highest BCUT2D eigenvalue weighted by Crippen LogP contribution is 2.21. The molecular weight excluding hydrogens is 228 g/mol. The first kappa shape index (κ1) is 14.5. The zero-order valence-electron chi connectivity index (χ0n) is 11.8. The van der Waals surface area contributed by atoms with Gasteiger partial charge in [0.2, 0.25) is 0 Å². The molecule has 1 aromatic rings. The molecule has 18 heavy (non-hydrogen) atoms. The Morgan fingerprint density at radius 1 is 1.39 bits per heavy atom. The number of hydrogen-bond acceptors (Lipinski definition) is 4. The summed E-state index contributed by atoms with van der Waals surface area (Å²) in [5.74, 6) is 0.451. The van der Waals surface area contributed by atoms with Crippen LogP contribution in [-0.4, -0.2) is 23.6 Å². The van der Waals surface area contributed by atoms with Gasteiger partial charge in [-0.15, -0.1) is 0 Å². The molecule has 0 saturated carbocycles. The number of esters is 1. The average molecular weight is 250 g/mol. The maximum atomic E-state index is 11.5. The number of carbonyl (C=O) groups is 1. The van der Waals surface area contributed by atoms with Gasteiger partial charge in [0.05, 0.1) is 18.4 Å². The monoisotopic (exact) mass is 250 g/mol. The number of carbonyl (C=O) groups excluding carboxylic acids is 1. The zero-order valence-corrected chi connectivity index (χ0v) is 11.8. The van der Waals surface area contributed by atoms with Gasteiger partial charge in [-0.3, -0.25) is 0 Å². The molecule has 4 nitrogen and oxygen atoms in total. The molecule has 0 atom stereocenters. The molecule has 1 heterocycles. The van der Waals surface area contributed by atoms with Crippen molar-refractivity contribution in [1.82, 2.24) is 4.98 Å². The van der Waals surface area contributed by atoms with Crippen LogP contribution in [-0.2, 0) is 4.74 Å². The molecule has 0 fully saturated rings. The number of pyridine rings is 1. The second-order valence-electron chi connectivity index (χ2n) is 4.71. The highest BCUT2D eigenvalue weighted by Gasteiger charge is 2.20. The minimum absolute atomic E-state index is 0.0340. The van der Waals surface area contributed by atoms with E-state index in [0.717, 1.165) is 18.7 Å². The van der Waals surface area contributed by atoms with Crippen LogP contribution in [0.1, 0.15) is 49.7 Å². The smallest absolute Gasteiger partial charge is 0.339 e. The van der Waals surface area contributed by atoms with Crippen molar-refractivity contribution in [3.05, 3.63) is 23.4 Å². The summed E-state index contributed by atoms with van der Waals surface area (Å²) in [6.45, 7) is 8.27. The number of hydrogen-bond donors (Lipinski definition) is 1. The van der Waals surface area contributed by atoms with Gasteiger partial charge in [-0.05, 0) is 38.8 Å². The molecule has 0 spiro atoms. The van der Waals surface area contributed by atoms with E-state index in [1.54, 1.807) is 6.07 Å². The van der Waals surface area contributed by atoms with E-state index < -0.39 is 0 Å². The molecule has 0 radical (unpaired) electrons. The lowest BCUT2D eigenvalue weighted by molar-refractivity contribution is 0.0599. The van der Waals surface area contributed by atoms with Crippen LogP contribution >= 0.6 is 0 Å². The van der Waals surface area contributed by atoms with Crippen molar-refractivity contribution in [1.29, 1.82) is 0 Å². The minimum atomic E-state index is -0.347. The molecule has 1 rings (SSSR count). The summed E-state index contributed by atoms with van der Waals surface area (Å²) in [5, 5.41) is 3.42. The minimum Gasteiger partial charge on any atom is -0.465 e. The molecule has 0 amide bonds. The zero-order chi connectivity index (χ0) is 13.8. The third kappa shape index (κ3) is 3.22. The van der Waals surface area contributed by atoms with Crippen molar-refractivity contribution < 1.29 is 9.53 Å². The average Bonchev–Trinajstić information content (AvgIpc) is 2.38. The first-order chi connectivity index (χ1) is 8.45. The first-order valence-electron chi connectivity index (χ1n) is 6.30. The molecule has 4 heteroatoms. The largest absolute Gasteiger partial charge is 0.465 e. The number of rotatable bonds is 5. The molecule has 0 bridgehead atoms. The molecular formula is C14H22N2O2. The third-order valence-electron chi connectivity index (χ3n) is 3.48. The van der Waals surface area contributed by atoms with E-state index in [1.807, 2.05) is 13.0 Å². The normalized spacial score (nSPS) is 11.2. The van der Waals surface area contributed by atoms with Crippen LogP contribution in [0.5, 0.6) is 0 Å². The standard InChI is InChI=1S/C14H22N2O2/c1-6-14(4,7-2)16-12-9-8-11(10(3)15-12)13(17)18-5/h8-9H,6-7H2,1-5H3,(H,15,16). The summed E-state index contributed by atoms with van der Waals surface area (Å²) in [7, 11) is 1.37. The van der Waals surface area contributed by atoms with E-state index in [-0.39, 0.29) is 11.5 Å². The highest BCUT2D eigenvalue weighted by molar-refractivity contribution is 5.90. The molecule has 0 aliphatic rings. The molecule has 0 aromatic carbocycles. The van der Waals surface area contributed by atoms with E-state index in [0.29, 0.717) is 11.3 Å². The Kier molecular flexibility index (Phi) is 4.70. The van der Waals surface area contributed by atoms with Gasteiger partial charge >= 0.3 is 5.97 Å². The van der Waals surface area contributed by atoms with Gasteiger partial charge in [-0.25, -0.2) is 9.78 Å². The predicted octanol–water partition coefficient (Wildman–Crippen LogP) is 3.17. The van der Waals surface area contributed by atoms with Gasteiger partial charge in [0.1, 0.15) is 5.82 Å². The van der Waals surface area contributed by atoms with Gasteiger partial charge in [0, 0.05) is 5.54 Å². The van der Waals surface area contributed by atoms with Crippen LogP contribution in [0.3, 0.4) is 0 Å². The number of methoxy groups -OCH3 is 1. The Labute approximate surface area is 109 Å². The summed E-state index contributed by atoms with van der Waals surface area (Å²) in [5.41, 5.74) is 1.23. The summed E-state index contributed by atoms with van der Waals surface area (Å²) >= 11 is 0. The lowest BCUT2D eigenvalue weighted by Gasteiger charge is -2.29. The summed E-state index contributed by atoms with van der Waals surface area (Å²) in [4.78, 5) is 15.9. The molecule has 0 aliphatic carbocycles. The van der Waals surface area contributed by atoms with Crippen LogP contribution in [0.4, 0.5) is 5.82 Å². The number of anilines is 1. The van der Waals surface area contributed by atoms with Crippen molar-refractivity contribution >= 4 is 11.8 Å². The van der Waals surface area contributed by atoms with Gasteiger partial charge in [0.15, 0.2) is 0 Å². The fraction of sp³-hybridized carbons (Fsp3) is 0.571. The fourth-order valence-corrected chi connectivity index (χ4v) is 1.69. The highest BCUT2D eigenvalue weighted by atomic mass is 16.5. The van der Waals surface area contributed by atoms with Crippen LogP contribution < -0.4 is 5.32 Å². The van der Waals surface area contributed by atoms with Crippen molar-refractivity contribution in [2.45, 2.75) is 46.1 Å². The van der Waals surface area contributed by atoms with E-state index >= 15 is 0 Å². The van der Waals surface area contributed by atoms with Gasteiger partial charge in [-0.2, -0.15) is 0 Å². The summed E-state index contributed by atoms with van der Waals surface area (Å²) in [6, 6.07) is 3.57. The summed E-state index contributed by atoms with van der Waals surface area (Å²) in [6.07, 6.45) is 2.03. The SMILES string of the molecule is CCC(C)(CC)Nc1ccc(C(=O)OC)c(C)n1. The number of aryl methyl sites for hydroxylation is 1. The molecule has 0 saturated heterocycles. The Morgan fingerprint density at radius 2 is 2.00 bits per heavy atom. The lowest BCUT2D eigenvalue weighted by atomic mass is 9.95. The first-order valence-corrected chi connectivity index (χ1v) is 6.30. The maximum absolute atomic E-state index is 11.5. The van der Waals surface area contributed by atoms with Crippen molar-refractivity contribution in [2.75, 3.05) is 12.4 Å². The maximum Gasteiger partial charge on any atom is 0.339 e.